The molecule has 0 saturated carbocycles. The summed E-state index contributed by atoms with van der Waals surface area (Å²) in [5.74, 6) is 0.695. The number of nitrogens with zero attached hydrogens (tertiary/aromatic N) is 2. The molecule has 1 aliphatic rings. The smallest absolute Gasteiger partial charge is 0.353 e. The molecule has 0 unspecified atom stereocenters. The van der Waals surface area contributed by atoms with Gasteiger partial charge in [-0.25, -0.2) is 4.79 Å². The average molecular weight is 382 g/mol. The summed E-state index contributed by atoms with van der Waals surface area (Å²) >= 11 is 0. The number of unbranched alkanes of at least 4 members (excludes halogenated alkanes) is 2. The van der Waals surface area contributed by atoms with E-state index in [0.29, 0.717) is 17.9 Å². The van der Waals surface area contributed by atoms with E-state index in [9.17, 15) is 9.90 Å². The minimum absolute atomic E-state index is 0.0365. The molecule has 0 spiro atoms. The first-order chi connectivity index (χ1) is 13.7. The summed E-state index contributed by atoms with van der Waals surface area (Å²) in [7, 11) is 0. The molecule has 2 atom stereocenters. The molecule has 1 aliphatic heterocycles. The van der Waals surface area contributed by atoms with Gasteiger partial charge >= 0.3 is 5.69 Å². The molecule has 0 radical (unpaired) electrons. The van der Waals surface area contributed by atoms with E-state index in [4.69, 9.17) is 9.15 Å². The van der Waals surface area contributed by atoms with Crippen LogP contribution in [0, 0.1) is 0 Å². The van der Waals surface area contributed by atoms with Gasteiger partial charge in [0.1, 0.15) is 12.0 Å². The Bertz CT molecular complexity index is 990. The maximum Gasteiger partial charge on any atom is 0.353 e. The summed E-state index contributed by atoms with van der Waals surface area (Å²) in [6.45, 7) is 2.17. The third-order valence-corrected chi connectivity index (χ3v) is 5.34. The van der Waals surface area contributed by atoms with Gasteiger partial charge in [0.15, 0.2) is 0 Å². The highest BCUT2D eigenvalue weighted by Gasteiger charge is 2.27. The summed E-state index contributed by atoms with van der Waals surface area (Å²) in [4.78, 5) is 16.5. The van der Waals surface area contributed by atoms with Crippen LogP contribution in [0.2, 0.25) is 0 Å². The van der Waals surface area contributed by atoms with Gasteiger partial charge in [0.2, 0.25) is 5.71 Å². The Hall–Kier alpha value is -2.44. The molecule has 1 fully saturated rings. The lowest BCUT2D eigenvalue weighted by atomic mass is 10.0. The quantitative estimate of drug-likeness (QED) is 0.624. The van der Waals surface area contributed by atoms with Crippen molar-refractivity contribution in [3.05, 3.63) is 52.6 Å². The van der Waals surface area contributed by atoms with Crippen molar-refractivity contribution in [1.29, 1.82) is 0 Å². The van der Waals surface area contributed by atoms with Crippen molar-refractivity contribution in [2.75, 3.05) is 6.61 Å². The third-order valence-electron chi connectivity index (χ3n) is 5.34. The van der Waals surface area contributed by atoms with Crippen LogP contribution in [-0.4, -0.2) is 27.4 Å². The first-order valence-electron chi connectivity index (χ1n) is 10.1. The fourth-order valence-corrected chi connectivity index (χ4v) is 3.71. The SMILES string of the molecule is CCCCCc1ccc(-c2cc3cn([C@H]4CC[C@@H](CO)O4)c(=O)nc3o2)cc1. The molecule has 6 heteroatoms. The van der Waals surface area contributed by atoms with Gasteiger partial charge in [-0.05, 0) is 37.3 Å². The molecule has 0 bridgehead atoms. The molecule has 3 aromatic rings. The Morgan fingerprint density at radius 3 is 2.75 bits per heavy atom. The summed E-state index contributed by atoms with van der Waals surface area (Å²) in [5.41, 5.74) is 2.22. The molecule has 4 rings (SSSR count). The van der Waals surface area contributed by atoms with Gasteiger partial charge in [-0.1, -0.05) is 44.0 Å². The van der Waals surface area contributed by atoms with Crippen LogP contribution in [0.15, 0.2) is 45.7 Å². The molecule has 28 heavy (non-hydrogen) atoms. The van der Waals surface area contributed by atoms with Crippen LogP contribution in [0.1, 0.15) is 50.8 Å². The first-order valence-corrected chi connectivity index (χ1v) is 10.1. The normalized spacial score (nSPS) is 19.5. The highest BCUT2D eigenvalue weighted by Crippen LogP contribution is 2.30. The van der Waals surface area contributed by atoms with Crippen LogP contribution in [0.3, 0.4) is 0 Å². The monoisotopic (exact) mass is 382 g/mol. The molecule has 148 valence electrons. The van der Waals surface area contributed by atoms with E-state index < -0.39 is 5.69 Å². The summed E-state index contributed by atoms with van der Waals surface area (Å²) < 4.78 is 13.0. The number of fused-ring (bicyclic) bond motifs is 1. The Morgan fingerprint density at radius 2 is 2.04 bits per heavy atom. The second-order valence-corrected chi connectivity index (χ2v) is 7.43. The third kappa shape index (κ3) is 3.88. The predicted molar refractivity (Wildman–Crippen MR) is 107 cm³/mol. The van der Waals surface area contributed by atoms with Gasteiger partial charge in [0, 0.05) is 11.8 Å². The van der Waals surface area contributed by atoms with E-state index in [-0.39, 0.29) is 18.9 Å². The van der Waals surface area contributed by atoms with Gasteiger partial charge < -0.3 is 14.3 Å². The molecular formula is C22H26N2O4. The number of rotatable bonds is 7. The Labute approximate surface area is 163 Å². The Kier molecular flexibility index (Phi) is 5.59. The zero-order chi connectivity index (χ0) is 19.5. The van der Waals surface area contributed by atoms with E-state index >= 15 is 0 Å². The number of hydrogen-bond donors (Lipinski definition) is 1. The highest BCUT2D eigenvalue weighted by atomic mass is 16.5. The van der Waals surface area contributed by atoms with Crippen LogP contribution in [-0.2, 0) is 11.2 Å². The van der Waals surface area contributed by atoms with Crippen LogP contribution in [0.25, 0.3) is 22.4 Å². The minimum atomic E-state index is -0.400. The van der Waals surface area contributed by atoms with Crippen molar-refractivity contribution in [3.63, 3.8) is 0 Å². The number of ether oxygens (including phenoxy) is 1. The zero-order valence-corrected chi connectivity index (χ0v) is 16.1. The van der Waals surface area contributed by atoms with Crippen molar-refractivity contribution in [3.8, 4) is 11.3 Å². The molecule has 6 nitrogen and oxygen atoms in total. The average Bonchev–Trinajstić information content (AvgIpc) is 3.34. The van der Waals surface area contributed by atoms with Crippen molar-refractivity contribution >= 4 is 11.1 Å². The van der Waals surface area contributed by atoms with Gasteiger partial charge in [-0.15, -0.1) is 0 Å². The van der Waals surface area contributed by atoms with Crippen LogP contribution in [0.4, 0.5) is 0 Å². The van der Waals surface area contributed by atoms with Gasteiger partial charge in [-0.3, -0.25) is 4.57 Å². The topological polar surface area (TPSA) is 77.5 Å². The number of furan rings is 1. The van der Waals surface area contributed by atoms with E-state index in [1.165, 1.54) is 29.4 Å². The maximum atomic E-state index is 12.4. The number of aliphatic hydroxyl groups excluding tert-OH is 1. The van der Waals surface area contributed by atoms with Crippen molar-refractivity contribution in [1.82, 2.24) is 9.55 Å². The van der Waals surface area contributed by atoms with E-state index in [1.807, 2.05) is 6.07 Å². The molecule has 0 aliphatic carbocycles. The molecule has 3 heterocycles. The molecule has 2 aromatic heterocycles. The van der Waals surface area contributed by atoms with Crippen molar-refractivity contribution in [2.24, 2.45) is 0 Å². The lowest BCUT2D eigenvalue weighted by Crippen LogP contribution is -2.27. The second kappa shape index (κ2) is 8.29. The second-order valence-electron chi connectivity index (χ2n) is 7.43. The number of benzene rings is 1. The predicted octanol–water partition coefficient (Wildman–Crippen LogP) is 4.06. The summed E-state index contributed by atoms with van der Waals surface area (Å²) in [5, 5.41) is 10.00. The molecule has 1 N–H and O–H groups in total. The van der Waals surface area contributed by atoms with Gasteiger partial charge in [0.25, 0.3) is 0 Å². The minimum Gasteiger partial charge on any atom is -0.437 e. The number of aliphatic hydroxyl groups is 1. The molecule has 1 saturated heterocycles. The standard InChI is InChI=1S/C22H26N2O4/c1-2-3-4-5-15-6-8-16(9-7-15)19-12-17-13-24(22(26)23-21(17)28-19)20-11-10-18(14-25)27-20/h6-9,12-13,18,20,25H,2-5,10-11,14H2,1H3/t18-,20+/m0/s1. The van der Waals surface area contributed by atoms with Crippen molar-refractivity contribution in [2.45, 2.75) is 57.8 Å². The van der Waals surface area contributed by atoms with Crippen molar-refractivity contribution < 1.29 is 14.3 Å². The van der Waals surface area contributed by atoms with Gasteiger partial charge in [-0.2, -0.15) is 4.98 Å². The molecule has 0 amide bonds. The lowest BCUT2D eigenvalue weighted by molar-refractivity contribution is -0.0243. The Balaban J connectivity index is 1.57. The summed E-state index contributed by atoms with van der Waals surface area (Å²) in [6.07, 6.45) is 7.31. The summed E-state index contributed by atoms with van der Waals surface area (Å²) in [6, 6.07) is 10.3. The fourth-order valence-electron chi connectivity index (χ4n) is 3.71. The van der Waals surface area contributed by atoms with Crippen LogP contribution >= 0.6 is 0 Å². The van der Waals surface area contributed by atoms with E-state index in [0.717, 1.165) is 23.8 Å². The number of aromatic nitrogens is 2. The lowest BCUT2D eigenvalue weighted by Gasteiger charge is -2.14. The fraction of sp³-hybridized carbons (Fsp3) is 0.455. The van der Waals surface area contributed by atoms with Crippen LogP contribution < -0.4 is 5.69 Å². The zero-order valence-electron chi connectivity index (χ0n) is 16.1. The maximum absolute atomic E-state index is 12.4. The first kappa shape index (κ1) is 18.9. The van der Waals surface area contributed by atoms with E-state index in [1.54, 1.807) is 6.20 Å². The van der Waals surface area contributed by atoms with E-state index in [2.05, 4.69) is 36.2 Å². The van der Waals surface area contributed by atoms with Crippen LogP contribution in [0.5, 0.6) is 0 Å². The number of aryl methyl sites for hydroxylation is 1. The number of hydrogen-bond acceptors (Lipinski definition) is 5. The molecule has 1 aromatic carbocycles. The largest absolute Gasteiger partial charge is 0.437 e. The Morgan fingerprint density at radius 1 is 1.21 bits per heavy atom. The highest BCUT2D eigenvalue weighted by molar-refractivity contribution is 5.79. The van der Waals surface area contributed by atoms with Gasteiger partial charge in [0.05, 0.1) is 18.1 Å². The molecular weight excluding hydrogens is 356 g/mol.